The first-order valence-corrected chi connectivity index (χ1v) is 2.98. The van der Waals surface area contributed by atoms with Gasteiger partial charge in [0.05, 0.1) is 6.61 Å². The standard InChI is InChI=1S/C6H11NO2/c1-2-3-4-9-6(8)5-7/h5,7H,2-4H2,1H3. The first kappa shape index (κ1) is 8.14. The summed E-state index contributed by atoms with van der Waals surface area (Å²) >= 11 is 0. The molecule has 0 bridgehead atoms. The predicted octanol–water partition coefficient (Wildman–Crippen LogP) is 0.979. The van der Waals surface area contributed by atoms with Crippen molar-refractivity contribution in [3.63, 3.8) is 0 Å². The first-order valence-electron chi connectivity index (χ1n) is 2.98. The molecule has 0 unspecified atom stereocenters. The van der Waals surface area contributed by atoms with Gasteiger partial charge in [0.2, 0.25) is 0 Å². The Bertz CT molecular complexity index is 101. The molecule has 9 heavy (non-hydrogen) atoms. The summed E-state index contributed by atoms with van der Waals surface area (Å²) in [5.74, 6) is -0.552. The van der Waals surface area contributed by atoms with Crippen LogP contribution in [0, 0.1) is 5.41 Å². The Morgan fingerprint density at radius 3 is 2.89 bits per heavy atom. The molecule has 0 amide bonds. The lowest BCUT2D eigenvalue weighted by atomic mass is 10.4. The minimum absolute atomic E-state index is 0.435. The largest absolute Gasteiger partial charge is 0.461 e. The molecule has 3 nitrogen and oxygen atoms in total. The van der Waals surface area contributed by atoms with Gasteiger partial charge in [-0.1, -0.05) is 13.3 Å². The fourth-order valence-corrected chi connectivity index (χ4v) is 0.359. The molecule has 0 atom stereocenters. The third-order valence-electron chi connectivity index (χ3n) is 0.860. The molecule has 1 N–H and O–H groups in total. The molecule has 3 heteroatoms. The molecule has 0 aromatic rings. The normalized spacial score (nSPS) is 8.56. The molecule has 0 rings (SSSR count). The third-order valence-corrected chi connectivity index (χ3v) is 0.860. The van der Waals surface area contributed by atoms with Crippen LogP contribution in [-0.4, -0.2) is 18.8 Å². The van der Waals surface area contributed by atoms with E-state index in [4.69, 9.17) is 5.41 Å². The van der Waals surface area contributed by atoms with Crippen molar-refractivity contribution in [3.8, 4) is 0 Å². The molecule has 0 aliphatic carbocycles. The van der Waals surface area contributed by atoms with E-state index in [0.29, 0.717) is 12.8 Å². The quantitative estimate of drug-likeness (QED) is 0.349. The molecule has 0 saturated carbocycles. The average Bonchev–Trinajstić information content (AvgIpc) is 1.89. The lowest BCUT2D eigenvalue weighted by Gasteiger charge is -1.96. The second-order valence-electron chi connectivity index (χ2n) is 1.67. The molecule has 0 aliphatic rings. The van der Waals surface area contributed by atoms with Crippen LogP contribution in [-0.2, 0) is 9.53 Å². The van der Waals surface area contributed by atoms with Crippen molar-refractivity contribution in [1.29, 1.82) is 5.41 Å². The minimum atomic E-state index is -0.552. The predicted molar refractivity (Wildman–Crippen MR) is 34.7 cm³/mol. The number of ether oxygens (including phenoxy) is 1. The number of nitrogens with one attached hydrogen (secondary N) is 1. The summed E-state index contributed by atoms with van der Waals surface area (Å²) in [5, 5.41) is 6.44. The zero-order valence-corrected chi connectivity index (χ0v) is 5.52. The number of carbonyl (C=O) groups is 1. The lowest BCUT2D eigenvalue weighted by Crippen LogP contribution is -2.05. The molecular formula is C6H11NO2. The number of hydrogen-bond acceptors (Lipinski definition) is 3. The Kier molecular flexibility index (Phi) is 4.78. The fraction of sp³-hybridized carbons (Fsp3) is 0.667. The molecule has 0 spiro atoms. The smallest absolute Gasteiger partial charge is 0.348 e. The second kappa shape index (κ2) is 5.28. The summed E-state index contributed by atoms with van der Waals surface area (Å²) in [7, 11) is 0. The number of unbranched alkanes of at least 4 members (excludes halogenated alkanes) is 1. The summed E-state index contributed by atoms with van der Waals surface area (Å²) < 4.78 is 4.55. The number of esters is 1. The molecule has 0 fully saturated rings. The summed E-state index contributed by atoms with van der Waals surface area (Å²) in [5.41, 5.74) is 0. The molecule has 0 aliphatic heterocycles. The zero-order valence-electron chi connectivity index (χ0n) is 5.52. The maximum absolute atomic E-state index is 10.2. The Balaban J connectivity index is 3.07. The highest BCUT2D eigenvalue weighted by molar-refractivity contribution is 6.21. The summed E-state index contributed by atoms with van der Waals surface area (Å²) in [6, 6.07) is 0. The number of carbonyl (C=O) groups excluding carboxylic acids is 1. The van der Waals surface area contributed by atoms with E-state index in [0.717, 1.165) is 12.8 Å². The highest BCUT2D eigenvalue weighted by Crippen LogP contribution is 1.86. The molecule has 0 aromatic carbocycles. The number of hydrogen-bond donors (Lipinski definition) is 1. The Hall–Kier alpha value is -0.860. The third kappa shape index (κ3) is 5.00. The van der Waals surface area contributed by atoms with Crippen LogP contribution in [0.4, 0.5) is 0 Å². The van der Waals surface area contributed by atoms with E-state index >= 15 is 0 Å². The van der Waals surface area contributed by atoms with Gasteiger partial charge in [0.15, 0.2) is 0 Å². The van der Waals surface area contributed by atoms with Crippen LogP contribution in [0.15, 0.2) is 0 Å². The van der Waals surface area contributed by atoms with E-state index in [1.807, 2.05) is 6.92 Å². The van der Waals surface area contributed by atoms with Gasteiger partial charge in [-0.05, 0) is 6.42 Å². The van der Waals surface area contributed by atoms with Crippen molar-refractivity contribution in [2.75, 3.05) is 6.61 Å². The van der Waals surface area contributed by atoms with Crippen molar-refractivity contribution in [2.45, 2.75) is 19.8 Å². The van der Waals surface area contributed by atoms with Crippen LogP contribution < -0.4 is 0 Å². The topological polar surface area (TPSA) is 50.2 Å². The van der Waals surface area contributed by atoms with E-state index in [1.165, 1.54) is 0 Å². The van der Waals surface area contributed by atoms with Gasteiger partial charge in [-0.3, -0.25) is 0 Å². The van der Waals surface area contributed by atoms with Gasteiger partial charge in [0, 0.05) is 0 Å². The van der Waals surface area contributed by atoms with Gasteiger partial charge in [0.25, 0.3) is 0 Å². The van der Waals surface area contributed by atoms with Gasteiger partial charge in [-0.15, -0.1) is 0 Å². The van der Waals surface area contributed by atoms with Gasteiger partial charge < -0.3 is 10.1 Å². The zero-order chi connectivity index (χ0) is 7.11. The molecule has 52 valence electrons. The van der Waals surface area contributed by atoms with Crippen LogP contribution in [0.1, 0.15) is 19.8 Å². The first-order chi connectivity index (χ1) is 4.31. The number of rotatable bonds is 4. The van der Waals surface area contributed by atoms with E-state index in [1.54, 1.807) is 0 Å². The van der Waals surface area contributed by atoms with E-state index < -0.39 is 5.97 Å². The van der Waals surface area contributed by atoms with Gasteiger partial charge in [0.1, 0.15) is 6.21 Å². The van der Waals surface area contributed by atoms with Crippen molar-refractivity contribution < 1.29 is 9.53 Å². The van der Waals surface area contributed by atoms with Crippen LogP contribution in [0.25, 0.3) is 0 Å². The molecule has 0 radical (unpaired) electrons. The Morgan fingerprint density at radius 2 is 2.44 bits per heavy atom. The van der Waals surface area contributed by atoms with Crippen molar-refractivity contribution >= 4 is 12.2 Å². The Labute approximate surface area is 54.5 Å². The fourth-order valence-electron chi connectivity index (χ4n) is 0.359. The van der Waals surface area contributed by atoms with Crippen molar-refractivity contribution in [3.05, 3.63) is 0 Å². The lowest BCUT2D eigenvalue weighted by molar-refractivity contribution is -0.135. The molecule has 0 aromatic heterocycles. The minimum Gasteiger partial charge on any atom is -0.461 e. The van der Waals surface area contributed by atoms with Crippen molar-refractivity contribution in [1.82, 2.24) is 0 Å². The highest BCUT2D eigenvalue weighted by Gasteiger charge is 1.92. The molecule has 0 heterocycles. The highest BCUT2D eigenvalue weighted by atomic mass is 16.5. The Morgan fingerprint density at radius 1 is 1.78 bits per heavy atom. The maximum atomic E-state index is 10.2. The summed E-state index contributed by atoms with van der Waals surface area (Å²) in [6.07, 6.45) is 2.56. The van der Waals surface area contributed by atoms with Crippen LogP contribution in [0.2, 0.25) is 0 Å². The van der Waals surface area contributed by atoms with Gasteiger partial charge >= 0.3 is 5.97 Å². The van der Waals surface area contributed by atoms with E-state index in [-0.39, 0.29) is 0 Å². The van der Waals surface area contributed by atoms with Crippen LogP contribution in [0.3, 0.4) is 0 Å². The van der Waals surface area contributed by atoms with Gasteiger partial charge in [-0.2, -0.15) is 0 Å². The summed E-state index contributed by atoms with van der Waals surface area (Å²) in [4.78, 5) is 10.2. The average molecular weight is 129 g/mol. The summed E-state index contributed by atoms with van der Waals surface area (Å²) in [6.45, 7) is 2.45. The van der Waals surface area contributed by atoms with E-state index in [9.17, 15) is 4.79 Å². The molecular weight excluding hydrogens is 118 g/mol. The monoisotopic (exact) mass is 129 g/mol. The van der Waals surface area contributed by atoms with Crippen LogP contribution >= 0.6 is 0 Å². The van der Waals surface area contributed by atoms with Crippen LogP contribution in [0.5, 0.6) is 0 Å². The second-order valence-corrected chi connectivity index (χ2v) is 1.67. The van der Waals surface area contributed by atoms with Crippen molar-refractivity contribution in [2.24, 2.45) is 0 Å². The SMILES string of the molecule is CCCCOC(=O)C=N. The van der Waals surface area contributed by atoms with E-state index in [2.05, 4.69) is 4.74 Å². The molecule has 0 saturated heterocycles. The van der Waals surface area contributed by atoms with Gasteiger partial charge in [-0.25, -0.2) is 4.79 Å². The maximum Gasteiger partial charge on any atom is 0.348 e.